The van der Waals surface area contributed by atoms with Crippen LogP contribution >= 0.6 is 0 Å². The number of imidazole rings is 1. The zero-order chi connectivity index (χ0) is 24.9. The monoisotopic (exact) mass is 493 g/mol. The fraction of sp³-hybridized carbons (Fsp3) is 0.739. The number of piperidine rings is 1. The highest BCUT2D eigenvalue weighted by Crippen LogP contribution is 2.63. The molecule has 2 heterocycles. The van der Waals surface area contributed by atoms with Gasteiger partial charge in [-0.05, 0) is 50.4 Å². The lowest BCUT2D eigenvalue weighted by molar-refractivity contribution is -0.153. The summed E-state index contributed by atoms with van der Waals surface area (Å²) < 4.78 is 33.8. The van der Waals surface area contributed by atoms with Crippen LogP contribution in [0.3, 0.4) is 0 Å². The molecule has 1 N–H and O–H groups in total. The highest BCUT2D eigenvalue weighted by molar-refractivity contribution is 7.89. The fourth-order valence-corrected chi connectivity index (χ4v) is 7.12. The maximum Gasteiger partial charge on any atom is 0.309 e. The van der Waals surface area contributed by atoms with Crippen molar-refractivity contribution in [1.29, 1.82) is 0 Å². The zero-order valence-electron chi connectivity index (χ0n) is 20.6. The number of nitrogens with zero attached hydrogens (tertiary/aromatic N) is 4. The first-order valence-corrected chi connectivity index (χ1v) is 13.3. The van der Waals surface area contributed by atoms with Crippen molar-refractivity contribution in [2.75, 3.05) is 19.7 Å². The molecule has 34 heavy (non-hydrogen) atoms. The van der Waals surface area contributed by atoms with E-state index in [9.17, 15) is 18.0 Å². The highest BCUT2D eigenvalue weighted by Gasteiger charge is 2.60. The molecule has 11 heteroatoms. The van der Waals surface area contributed by atoms with Crippen molar-refractivity contribution in [1.82, 2.24) is 19.3 Å². The molecule has 1 saturated heterocycles. The van der Waals surface area contributed by atoms with Crippen LogP contribution < -0.4 is 5.43 Å². The van der Waals surface area contributed by atoms with E-state index < -0.39 is 34.4 Å². The van der Waals surface area contributed by atoms with E-state index in [1.807, 2.05) is 0 Å². The van der Waals surface area contributed by atoms with E-state index in [-0.39, 0.29) is 28.9 Å². The molecule has 1 aliphatic heterocycles. The number of carbonyl (C=O) groups is 2. The lowest BCUT2D eigenvalue weighted by Gasteiger charge is -2.34. The Morgan fingerprint density at radius 2 is 1.91 bits per heavy atom. The van der Waals surface area contributed by atoms with Gasteiger partial charge in [0.15, 0.2) is 11.6 Å². The predicted octanol–water partition coefficient (Wildman–Crippen LogP) is 1.99. The summed E-state index contributed by atoms with van der Waals surface area (Å²) in [6.45, 7) is 8.50. The predicted molar refractivity (Wildman–Crippen MR) is 125 cm³/mol. The van der Waals surface area contributed by atoms with Crippen molar-refractivity contribution in [3.8, 4) is 0 Å². The standard InChI is InChI=1S/C23H35N5O5S/c1-15-24-20(13-27(15)5)34(31,32)28-10-7-16(8-11-28)21(30)33-14-19(29)26-25-18-12-17-6-9-23(18,4)22(17,2)3/h13,16-17H,6-12,14H2,1-5H3,(H,26,29)/b25-18+. The van der Waals surface area contributed by atoms with E-state index in [4.69, 9.17) is 4.74 Å². The van der Waals surface area contributed by atoms with Crippen LogP contribution in [0.2, 0.25) is 0 Å². The number of carbonyl (C=O) groups excluding carboxylic acids is 2. The second-order valence-electron chi connectivity index (χ2n) is 10.6. The molecular formula is C23H35N5O5S. The molecule has 2 atom stereocenters. The van der Waals surface area contributed by atoms with Crippen LogP contribution in [-0.2, 0) is 31.4 Å². The average Bonchev–Trinajstić information content (AvgIpc) is 3.32. The van der Waals surface area contributed by atoms with Gasteiger partial charge in [0.2, 0.25) is 0 Å². The molecule has 2 aliphatic carbocycles. The number of hydrogen-bond acceptors (Lipinski definition) is 7. The third-order valence-electron chi connectivity index (χ3n) is 8.65. The number of rotatable bonds is 6. The number of aromatic nitrogens is 2. The maximum absolute atomic E-state index is 12.8. The Balaban J connectivity index is 1.24. The number of fused-ring (bicyclic) bond motifs is 2. The van der Waals surface area contributed by atoms with Gasteiger partial charge in [0.05, 0.1) is 5.92 Å². The summed E-state index contributed by atoms with van der Waals surface area (Å²) in [6, 6.07) is 0. The van der Waals surface area contributed by atoms with Crippen LogP contribution in [0.1, 0.15) is 58.7 Å². The summed E-state index contributed by atoms with van der Waals surface area (Å²) in [4.78, 5) is 28.8. The largest absolute Gasteiger partial charge is 0.455 e. The molecule has 3 fully saturated rings. The van der Waals surface area contributed by atoms with Gasteiger partial charge in [-0.2, -0.15) is 9.41 Å². The zero-order valence-corrected chi connectivity index (χ0v) is 21.4. The Labute approximate surface area is 201 Å². The van der Waals surface area contributed by atoms with Gasteiger partial charge in [-0.15, -0.1) is 0 Å². The molecular weight excluding hydrogens is 458 g/mol. The summed E-state index contributed by atoms with van der Waals surface area (Å²) in [7, 11) is -1.96. The second kappa shape index (κ2) is 8.75. The lowest BCUT2D eigenvalue weighted by atomic mass is 9.70. The third-order valence-corrected chi connectivity index (χ3v) is 10.4. The molecule has 10 nitrogen and oxygen atoms in total. The van der Waals surface area contributed by atoms with Gasteiger partial charge in [-0.25, -0.2) is 18.8 Å². The van der Waals surface area contributed by atoms with Crippen molar-refractivity contribution >= 4 is 27.6 Å². The number of sulfonamides is 1. The molecule has 1 aromatic rings. The summed E-state index contributed by atoms with van der Waals surface area (Å²) in [5.74, 6) is -0.195. The van der Waals surface area contributed by atoms with Crippen molar-refractivity contribution in [2.45, 2.75) is 64.8 Å². The number of hydrogen-bond donors (Lipinski definition) is 1. The molecule has 2 unspecified atom stereocenters. The number of ether oxygens (including phenoxy) is 1. The van der Waals surface area contributed by atoms with Gasteiger partial charge in [0.1, 0.15) is 5.82 Å². The summed E-state index contributed by atoms with van der Waals surface area (Å²) in [6.07, 6.45) is 5.32. The topological polar surface area (TPSA) is 123 Å². The van der Waals surface area contributed by atoms with Gasteiger partial charge < -0.3 is 9.30 Å². The quantitative estimate of drug-likeness (QED) is 0.478. The molecule has 1 aromatic heterocycles. The Morgan fingerprint density at radius 1 is 1.24 bits per heavy atom. The van der Waals surface area contributed by atoms with Crippen molar-refractivity contribution in [3.05, 3.63) is 12.0 Å². The third kappa shape index (κ3) is 4.17. The Morgan fingerprint density at radius 3 is 2.44 bits per heavy atom. The Bertz CT molecular complexity index is 1100. The normalized spacial score (nSPS) is 28.4. The molecule has 0 radical (unpaired) electrons. The minimum Gasteiger partial charge on any atom is -0.455 e. The summed E-state index contributed by atoms with van der Waals surface area (Å²) in [5, 5.41) is 4.40. The van der Waals surface area contributed by atoms with Crippen LogP contribution in [0, 0.1) is 29.6 Å². The Kier molecular flexibility index (Phi) is 6.39. The molecule has 0 spiro atoms. The molecule has 4 rings (SSSR count). The van der Waals surface area contributed by atoms with Gasteiger partial charge in [-0.1, -0.05) is 20.8 Å². The average molecular weight is 494 g/mol. The molecule has 188 valence electrons. The summed E-state index contributed by atoms with van der Waals surface area (Å²) >= 11 is 0. The number of amides is 1. The minimum absolute atomic E-state index is 0.0100. The second-order valence-corrected chi connectivity index (χ2v) is 12.5. The molecule has 1 amide bonds. The van der Waals surface area contributed by atoms with Crippen LogP contribution in [0.15, 0.2) is 16.3 Å². The molecule has 0 aromatic carbocycles. The van der Waals surface area contributed by atoms with Gasteiger partial charge in [0, 0.05) is 37.5 Å². The molecule has 3 aliphatic rings. The number of esters is 1. The van der Waals surface area contributed by atoms with Crippen LogP contribution in [-0.4, -0.2) is 59.6 Å². The maximum atomic E-state index is 12.8. The first kappa shape index (κ1) is 24.8. The van der Waals surface area contributed by atoms with Crippen LogP contribution in [0.25, 0.3) is 0 Å². The first-order chi connectivity index (χ1) is 15.9. The number of nitrogens with one attached hydrogen (secondary N) is 1. The van der Waals surface area contributed by atoms with E-state index in [2.05, 4.69) is 36.3 Å². The van der Waals surface area contributed by atoms with Crippen molar-refractivity contribution in [2.24, 2.45) is 34.8 Å². The number of aryl methyl sites for hydroxylation is 2. The van der Waals surface area contributed by atoms with E-state index in [1.54, 1.807) is 18.5 Å². The fourth-order valence-electron chi connectivity index (χ4n) is 5.63. The van der Waals surface area contributed by atoms with Gasteiger partial charge in [0.25, 0.3) is 15.9 Å². The SMILES string of the molecule is Cc1nc(S(=O)(=O)N2CCC(C(=O)OCC(=O)N/N=C3\CC4CCC3(C)C4(C)C)CC2)cn1C. The van der Waals surface area contributed by atoms with Crippen molar-refractivity contribution in [3.63, 3.8) is 0 Å². The van der Waals surface area contributed by atoms with E-state index >= 15 is 0 Å². The molecule has 2 saturated carbocycles. The van der Waals surface area contributed by atoms with Crippen LogP contribution in [0.5, 0.6) is 0 Å². The van der Waals surface area contributed by atoms with E-state index in [0.29, 0.717) is 24.6 Å². The van der Waals surface area contributed by atoms with E-state index in [1.165, 1.54) is 16.9 Å². The van der Waals surface area contributed by atoms with Gasteiger partial charge >= 0.3 is 5.97 Å². The van der Waals surface area contributed by atoms with Crippen molar-refractivity contribution < 1.29 is 22.7 Å². The molecule has 2 bridgehead atoms. The minimum atomic E-state index is -3.70. The Hall–Kier alpha value is -2.27. The smallest absolute Gasteiger partial charge is 0.309 e. The summed E-state index contributed by atoms with van der Waals surface area (Å²) in [5.41, 5.74) is 3.73. The first-order valence-electron chi connectivity index (χ1n) is 11.9. The van der Waals surface area contributed by atoms with Crippen LogP contribution in [0.4, 0.5) is 0 Å². The van der Waals surface area contributed by atoms with E-state index in [0.717, 1.165) is 18.6 Å². The van der Waals surface area contributed by atoms with Gasteiger partial charge in [-0.3, -0.25) is 9.59 Å². The number of hydrazone groups is 1. The highest BCUT2D eigenvalue weighted by atomic mass is 32.2. The lowest BCUT2D eigenvalue weighted by Crippen LogP contribution is -2.41.